The van der Waals surface area contributed by atoms with Crippen molar-refractivity contribution < 1.29 is 28.8 Å². The summed E-state index contributed by atoms with van der Waals surface area (Å²) in [6, 6.07) is 0. The van der Waals surface area contributed by atoms with Crippen LogP contribution in [0.5, 0.6) is 0 Å². The van der Waals surface area contributed by atoms with Crippen LogP contribution in [0.4, 0.5) is 0 Å². The molecule has 0 saturated carbocycles. The second-order valence-corrected chi connectivity index (χ2v) is 4.22. The van der Waals surface area contributed by atoms with Crippen LogP contribution in [0.15, 0.2) is 0 Å². The molecule has 6 heteroatoms. The molecule has 0 bridgehead atoms. The van der Waals surface area contributed by atoms with E-state index in [1.165, 1.54) is 6.92 Å². The summed E-state index contributed by atoms with van der Waals surface area (Å²) < 4.78 is 19.7. The van der Waals surface area contributed by atoms with E-state index >= 15 is 0 Å². The topological polar surface area (TPSA) is 74.2 Å². The molecule has 0 radical (unpaired) electrons. The Morgan fingerprint density at radius 2 is 1.65 bits per heavy atom. The first-order valence-corrected chi connectivity index (χ1v) is 7.00. The SMILES string of the molecule is CCCCOCCOCCOC(C)=O.COCC(C)O. The molecule has 20 heavy (non-hydrogen) atoms. The maximum Gasteiger partial charge on any atom is 0.302 e. The molecule has 0 rings (SSSR count). The third kappa shape index (κ3) is 26.0. The van der Waals surface area contributed by atoms with Crippen molar-refractivity contribution in [3.63, 3.8) is 0 Å². The molecule has 1 N–H and O–H groups in total. The quantitative estimate of drug-likeness (QED) is 0.458. The lowest BCUT2D eigenvalue weighted by Crippen LogP contribution is -2.11. The van der Waals surface area contributed by atoms with Crippen LogP contribution < -0.4 is 0 Å². The highest BCUT2D eigenvalue weighted by Gasteiger charge is 1.93. The number of aliphatic hydroxyl groups is 1. The molecule has 0 aromatic carbocycles. The molecule has 1 atom stereocenters. The molecule has 0 spiro atoms. The average Bonchev–Trinajstić information content (AvgIpc) is 2.37. The summed E-state index contributed by atoms with van der Waals surface area (Å²) in [7, 11) is 1.56. The summed E-state index contributed by atoms with van der Waals surface area (Å²) in [6.45, 7) is 8.35. The lowest BCUT2D eigenvalue weighted by molar-refractivity contribution is -0.142. The van der Waals surface area contributed by atoms with Gasteiger partial charge in [0.2, 0.25) is 0 Å². The van der Waals surface area contributed by atoms with Gasteiger partial charge in [-0.15, -0.1) is 0 Å². The number of hydrogen-bond donors (Lipinski definition) is 1. The minimum Gasteiger partial charge on any atom is -0.463 e. The molecule has 6 nitrogen and oxygen atoms in total. The molecule has 0 aliphatic heterocycles. The van der Waals surface area contributed by atoms with Gasteiger partial charge in [0.05, 0.1) is 32.5 Å². The first-order chi connectivity index (χ1) is 9.54. The maximum absolute atomic E-state index is 10.3. The van der Waals surface area contributed by atoms with Crippen LogP contribution in [0.1, 0.15) is 33.6 Å². The molecule has 0 saturated heterocycles. The fourth-order valence-electron chi connectivity index (χ4n) is 1.05. The zero-order valence-corrected chi connectivity index (χ0v) is 13.2. The predicted molar refractivity (Wildman–Crippen MR) is 76.7 cm³/mol. The number of rotatable bonds is 11. The molecule has 0 aliphatic carbocycles. The van der Waals surface area contributed by atoms with E-state index < -0.39 is 0 Å². The Morgan fingerprint density at radius 1 is 1.10 bits per heavy atom. The molecule has 122 valence electrons. The van der Waals surface area contributed by atoms with Crippen molar-refractivity contribution in [2.24, 2.45) is 0 Å². The van der Waals surface area contributed by atoms with Gasteiger partial charge in [0.25, 0.3) is 0 Å². The van der Waals surface area contributed by atoms with Crippen molar-refractivity contribution in [1.29, 1.82) is 0 Å². The van der Waals surface area contributed by atoms with Crippen molar-refractivity contribution >= 4 is 5.97 Å². The number of unbranched alkanes of at least 4 members (excludes halogenated alkanes) is 1. The van der Waals surface area contributed by atoms with E-state index in [1.807, 2.05) is 0 Å². The van der Waals surface area contributed by atoms with Crippen LogP contribution in [0, 0.1) is 0 Å². The normalized spacial score (nSPS) is 11.4. The monoisotopic (exact) mass is 294 g/mol. The van der Waals surface area contributed by atoms with Crippen LogP contribution in [0.3, 0.4) is 0 Å². The Morgan fingerprint density at radius 3 is 2.05 bits per heavy atom. The summed E-state index contributed by atoms with van der Waals surface area (Å²) >= 11 is 0. The Bertz CT molecular complexity index is 196. The summed E-state index contributed by atoms with van der Waals surface area (Å²) in [5, 5.41) is 8.43. The molecule has 0 fully saturated rings. The van der Waals surface area contributed by atoms with Gasteiger partial charge in [-0.05, 0) is 13.3 Å². The molecule has 0 aliphatic rings. The lowest BCUT2D eigenvalue weighted by Gasteiger charge is -2.05. The molecule has 0 heterocycles. The second kappa shape index (κ2) is 18.3. The smallest absolute Gasteiger partial charge is 0.302 e. The zero-order chi connectivity index (χ0) is 15.6. The minimum atomic E-state index is -0.324. The second-order valence-electron chi connectivity index (χ2n) is 4.22. The number of esters is 1. The van der Waals surface area contributed by atoms with Gasteiger partial charge in [0.15, 0.2) is 0 Å². The molecular weight excluding hydrogens is 264 g/mol. The molecule has 0 amide bonds. The van der Waals surface area contributed by atoms with Gasteiger partial charge >= 0.3 is 5.97 Å². The Labute approximate surface area is 122 Å². The van der Waals surface area contributed by atoms with Gasteiger partial charge in [-0.1, -0.05) is 13.3 Å². The number of hydrogen-bond acceptors (Lipinski definition) is 6. The van der Waals surface area contributed by atoms with Crippen LogP contribution in [-0.4, -0.2) is 63.9 Å². The predicted octanol–water partition coefficient (Wildman–Crippen LogP) is 1.40. The van der Waals surface area contributed by atoms with Crippen molar-refractivity contribution in [1.82, 2.24) is 0 Å². The maximum atomic E-state index is 10.3. The van der Waals surface area contributed by atoms with E-state index in [2.05, 4.69) is 16.4 Å². The summed E-state index contributed by atoms with van der Waals surface area (Å²) in [4.78, 5) is 10.3. The van der Waals surface area contributed by atoms with E-state index in [9.17, 15) is 4.79 Å². The minimum absolute atomic E-state index is 0.271. The average molecular weight is 294 g/mol. The standard InChI is InChI=1S/C10H20O4.C4H10O2/c1-3-4-5-12-6-7-13-8-9-14-10(2)11;1-4(5)3-6-2/h3-9H2,1-2H3;4-5H,3H2,1-2H3. The van der Waals surface area contributed by atoms with Crippen LogP contribution in [-0.2, 0) is 23.7 Å². The number of ether oxygens (including phenoxy) is 4. The third-order valence-corrected chi connectivity index (χ3v) is 1.96. The Hall–Kier alpha value is -0.690. The Kier molecular flexibility index (Phi) is 19.8. The van der Waals surface area contributed by atoms with Gasteiger partial charge in [-0.2, -0.15) is 0 Å². The van der Waals surface area contributed by atoms with E-state index in [0.29, 0.717) is 33.0 Å². The zero-order valence-electron chi connectivity index (χ0n) is 13.2. The Balaban J connectivity index is 0. The van der Waals surface area contributed by atoms with Crippen LogP contribution in [0.2, 0.25) is 0 Å². The fourth-order valence-corrected chi connectivity index (χ4v) is 1.05. The largest absolute Gasteiger partial charge is 0.463 e. The van der Waals surface area contributed by atoms with Gasteiger partial charge in [-0.3, -0.25) is 4.79 Å². The number of aliphatic hydroxyl groups excluding tert-OH is 1. The first kappa shape index (κ1) is 21.6. The van der Waals surface area contributed by atoms with Gasteiger partial charge < -0.3 is 24.1 Å². The molecular formula is C14H30O6. The van der Waals surface area contributed by atoms with E-state index in [1.54, 1.807) is 14.0 Å². The number of carbonyl (C=O) groups is 1. The number of carbonyl (C=O) groups excluding carboxylic acids is 1. The lowest BCUT2D eigenvalue weighted by atomic mass is 10.4. The van der Waals surface area contributed by atoms with Crippen LogP contribution >= 0.6 is 0 Å². The highest BCUT2D eigenvalue weighted by atomic mass is 16.6. The fraction of sp³-hybridized carbons (Fsp3) is 0.929. The molecule has 1 unspecified atom stereocenters. The summed E-state index contributed by atoms with van der Waals surface area (Å²) in [6.07, 6.45) is 1.91. The van der Waals surface area contributed by atoms with E-state index in [-0.39, 0.29) is 12.1 Å². The third-order valence-electron chi connectivity index (χ3n) is 1.96. The van der Waals surface area contributed by atoms with Crippen LogP contribution in [0.25, 0.3) is 0 Å². The van der Waals surface area contributed by atoms with Gasteiger partial charge in [-0.25, -0.2) is 0 Å². The van der Waals surface area contributed by atoms with Crippen molar-refractivity contribution in [3.8, 4) is 0 Å². The molecule has 0 aromatic heterocycles. The summed E-state index contributed by atoms with van der Waals surface area (Å²) in [5.41, 5.74) is 0. The first-order valence-electron chi connectivity index (χ1n) is 7.00. The highest BCUT2D eigenvalue weighted by Crippen LogP contribution is 1.88. The summed E-state index contributed by atoms with van der Waals surface area (Å²) in [5.74, 6) is -0.271. The molecule has 0 aromatic rings. The van der Waals surface area contributed by atoms with Crippen molar-refractivity contribution in [2.45, 2.75) is 39.7 Å². The van der Waals surface area contributed by atoms with Gasteiger partial charge in [0.1, 0.15) is 6.61 Å². The number of methoxy groups -OCH3 is 1. The highest BCUT2D eigenvalue weighted by molar-refractivity contribution is 5.65. The van der Waals surface area contributed by atoms with Crippen molar-refractivity contribution in [2.75, 3.05) is 46.8 Å². The van der Waals surface area contributed by atoms with Gasteiger partial charge in [0, 0.05) is 20.6 Å². The van der Waals surface area contributed by atoms with E-state index in [4.69, 9.17) is 14.6 Å². The van der Waals surface area contributed by atoms with Crippen molar-refractivity contribution in [3.05, 3.63) is 0 Å². The van der Waals surface area contributed by atoms with E-state index in [0.717, 1.165) is 19.4 Å².